The molecule has 0 saturated carbocycles. The van der Waals surface area contributed by atoms with Crippen molar-refractivity contribution in [3.63, 3.8) is 0 Å². The van der Waals surface area contributed by atoms with Crippen LogP contribution in [-0.2, 0) is 17.9 Å². The van der Waals surface area contributed by atoms with Crippen molar-refractivity contribution in [1.82, 2.24) is 14.7 Å². The second-order valence-corrected chi connectivity index (χ2v) is 9.14. The number of hydrogen-bond acceptors (Lipinski definition) is 4. The highest BCUT2D eigenvalue weighted by atomic mass is 16.3. The average molecular weight is 386 g/mol. The number of hydrogen-bond donors (Lipinski definition) is 1. The van der Waals surface area contributed by atoms with Crippen molar-refractivity contribution in [1.29, 1.82) is 0 Å². The summed E-state index contributed by atoms with van der Waals surface area (Å²) in [5.41, 5.74) is 1.27. The number of carbonyl (C=O) groups is 2. The summed E-state index contributed by atoms with van der Waals surface area (Å²) in [6, 6.07) is 5.70. The lowest BCUT2D eigenvalue weighted by Crippen LogP contribution is -2.40. The molecule has 1 aliphatic heterocycles. The summed E-state index contributed by atoms with van der Waals surface area (Å²) >= 11 is 0. The first-order chi connectivity index (χ1) is 13.1. The number of aromatic nitrogens is 2. The number of ketones is 1. The number of aliphatic hydroxyl groups is 1. The van der Waals surface area contributed by atoms with Gasteiger partial charge in [0.1, 0.15) is 12.2 Å². The van der Waals surface area contributed by atoms with Crippen LogP contribution >= 0.6 is 0 Å². The molecule has 6 heteroatoms. The molecule has 1 fully saturated rings. The number of benzene rings is 1. The van der Waals surface area contributed by atoms with Crippen LogP contribution in [0.4, 0.5) is 0 Å². The van der Waals surface area contributed by atoms with Crippen LogP contribution < -0.4 is 0 Å². The van der Waals surface area contributed by atoms with E-state index in [-0.39, 0.29) is 30.9 Å². The third kappa shape index (κ3) is 3.83. The number of amides is 1. The molecule has 1 atom stereocenters. The van der Waals surface area contributed by atoms with Crippen LogP contribution in [0.1, 0.15) is 63.5 Å². The topological polar surface area (TPSA) is 75.4 Å². The lowest BCUT2D eigenvalue weighted by atomic mass is 9.88. The maximum absolute atomic E-state index is 13.0. The Bertz CT molecular complexity index is 892. The normalized spacial score (nSPS) is 17.7. The third-order valence-corrected chi connectivity index (χ3v) is 5.57. The van der Waals surface area contributed by atoms with Crippen molar-refractivity contribution in [2.75, 3.05) is 6.54 Å². The average Bonchev–Trinajstić information content (AvgIpc) is 3.25. The Morgan fingerprint density at radius 2 is 2.00 bits per heavy atom. The number of aliphatic hydroxyl groups excluding tert-OH is 1. The summed E-state index contributed by atoms with van der Waals surface area (Å²) in [5.74, 6) is 0.395. The van der Waals surface area contributed by atoms with Crippen LogP contribution in [0.5, 0.6) is 0 Å². The predicted octanol–water partition coefficient (Wildman–Crippen LogP) is 3.40. The Morgan fingerprint density at radius 3 is 2.61 bits per heavy atom. The van der Waals surface area contributed by atoms with Gasteiger partial charge in [0.15, 0.2) is 5.78 Å². The minimum Gasteiger partial charge on any atom is -0.392 e. The SMILES string of the molecule is CC(C)C1CCCN1C(=O)Cn1nc(C(=O)C(C)(C)C)c2ccc(CO)cc21. The van der Waals surface area contributed by atoms with Crippen molar-refractivity contribution in [2.45, 2.75) is 66.7 Å². The number of carbonyl (C=O) groups excluding carboxylic acids is 2. The third-order valence-electron chi connectivity index (χ3n) is 5.57. The maximum Gasteiger partial charge on any atom is 0.244 e. The van der Waals surface area contributed by atoms with E-state index in [2.05, 4.69) is 18.9 Å². The van der Waals surface area contributed by atoms with Crippen molar-refractivity contribution in [2.24, 2.45) is 11.3 Å². The Hall–Kier alpha value is -2.21. The molecule has 0 spiro atoms. The van der Waals surface area contributed by atoms with Gasteiger partial charge in [0.05, 0.1) is 12.1 Å². The van der Waals surface area contributed by atoms with E-state index in [4.69, 9.17) is 0 Å². The van der Waals surface area contributed by atoms with E-state index >= 15 is 0 Å². The molecule has 28 heavy (non-hydrogen) atoms. The summed E-state index contributed by atoms with van der Waals surface area (Å²) in [4.78, 5) is 27.9. The smallest absolute Gasteiger partial charge is 0.244 e. The second-order valence-electron chi connectivity index (χ2n) is 9.14. The van der Waals surface area contributed by atoms with Gasteiger partial charge in [-0.05, 0) is 30.4 Å². The monoisotopic (exact) mass is 385 g/mol. The summed E-state index contributed by atoms with van der Waals surface area (Å²) < 4.78 is 1.63. The predicted molar refractivity (Wildman–Crippen MR) is 109 cm³/mol. The van der Waals surface area contributed by atoms with Gasteiger partial charge in [0, 0.05) is 23.4 Å². The van der Waals surface area contributed by atoms with Crippen LogP contribution in [0, 0.1) is 11.3 Å². The number of Topliss-reactive ketones (excluding diaryl/α,β-unsaturated/α-hetero) is 1. The lowest BCUT2D eigenvalue weighted by Gasteiger charge is -2.27. The van der Waals surface area contributed by atoms with Gasteiger partial charge in [0.2, 0.25) is 5.91 Å². The molecule has 1 unspecified atom stereocenters. The van der Waals surface area contributed by atoms with Crippen molar-refractivity contribution >= 4 is 22.6 Å². The van der Waals surface area contributed by atoms with E-state index in [0.29, 0.717) is 17.1 Å². The fraction of sp³-hybridized carbons (Fsp3) is 0.591. The Kier molecular flexibility index (Phi) is 5.62. The highest BCUT2D eigenvalue weighted by Crippen LogP contribution is 2.28. The summed E-state index contributed by atoms with van der Waals surface area (Å²) in [6.45, 7) is 10.7. The van der Waals surface area contributed by atoms with E-state index in [1.165, 1.54) is 0 Å². The minimum atomic E-state index is -0.566. The molecule has 0 bridgehead atoms. The van der Waals surface area contributed by atoms with Gasteiger partial charge in [-0.25, -0.2) is 0 Å². The van der Waals surface area contributed by atoms with Gasteiger partial charge in [-0.1, -0.05) is 46.8 Å². The van der Waals surface area contributed by atoms with Gasteiger partial charge in [-0.15, -0.1) is 0 Å². The number of rotatable bonds is 5. The fourth-order valence-corrected chi connectivity index (χ4v) is 3.98. The van der Waals surface area contributed by atoms with Gasteiger partial charge >= 0.3 is 0 Å². The maximum atomic E-state index is 13.0. The molecule has 1 aliphatic rings. The zero-order valence-electron chi connectivity index (χ0n) is 17.5. The van der Waals surface area contributed by atoms with Crippen LogP contribution in [0.3, 0.4) is 0 Å². The molecule has 2 aromatic rings. The highest BCUT2D eigenvalue weighted by molar-refractivity contribution is 6.08. The molecule has 6 nitrogen and oxygen atoms in total. The Morgan fingerprint density at radius 1 is 1.29 bits per heavy atom. The molecule has 3 rings (SSSR count). The van der Waals surface area contributed by atoms with Crippen LogP contribution in [0.2, 0.25) is 0 Å². The van der Waals surface area contributed by atoms with E-state index in [1.54, 1.807) is 10.7 Å². The Labute approximate surface area is 166 Å². The number of likely N-dealkylation sites (tertiary alicyclic amines) is 1. The zero-order valence-corrected chi connectivity index (χ0v) is 17.5. The molecule has 152 valence electrons. The molecule has 0 radical (unpaired) electrons. The summed E-state index contributed by atoms with van der Waals surface area (Å²) in [6.07, 6.45) is 2.06. The first-order valence-electron chi connectivity index (χ1n) is 10.1. The highest BCUT2D eigenvalue weighted by Gasteiger charge is 2.32. The first kappa shape index (κ1) is 20.5. The summed E-state index contributed by atoms with van der Waals surface area (Å²) in [5, 5.41) is 14.8. The van der Waals surface area contributed by atoms with Gasteiger partial charge in [-0.2, -0.15) is 5.10 Å². The second kappa shape index (κ2) is 7.66. The van der Waals surface area contributed by atoms with E-state index in [1.807, 2.05) is 37.8 Å². The first-order valence-corrected chi connectivity index (χ1v) is 10.1. The molecule has 1 aromatic heterocycles. The quantitative estimate of drug-likeness (QED) is 0.801. The number of nitrogens with zero attached hydrogens (tertiary/aromatic N) is 3. The van der Waals surface area contributed by atoms with E-state index in [9.17, 15) is 14.7 Å². The molecule has 2 heterocycles. The minimum absolute atomic E-state index is 0.0322. The van der Waals surface area contributed by atoms with Gasteiger partial charge < -0.3 is 10.0 Å². The number of fused-ring (bicyclic) bond motifs is 1. The van der Waals surface area contributed by atoms with Crippen LogP contribution in [0.15, 0.2) is 18.2 Å². The molecule has 1 aromatic carbocycles. The van der Waals surface area contributed by atoms with Gasteiger partial charge in [0.25, 0.3) is 0 Å². The zero-order chi connectivity index (χ0) is 20.6. The Balaban J connectivity index is 2.00. The van der Waals surface area contributed by atoms with Gasteiger partial charge in [-0.3, -0.25) is 14.3 Å². The molecular weight excluding hydrogens is 354 g/mol. The molecule has 1 amide bonds. The molecule has 1 saturated heterocycles. The molecule has 1 N–H and O–H groups in total. The standard InChI is InChI=1S/C22H31N3O3/c1-14(2)17-7-6-10-24(17)19(27)12-25-18-11-15(13-26)8-9-16(18)20(23-25)21(28)22(3,4)5/h8-9,11,14,17,26H,6-7,10,12-13H2,1-5H3. The van der Waals surface area contributed by atoms with Crippen LogP contribution in [0.25, 0.3) is 10.9 Å². The fourth-order valence-electron chi connectivity index (χ4n) is 3.98. The van der Waals surface area contributed by atoms with Crippen LogP contribution in [-0.4, -0.2) is 44.1 Å². The molecule has 0 aliphatic carbocycles. The van der Waals surface area contributed by atoms with E-state index in [0.717, 1.165) is 30.3 Å². The van der Waals surface area contributed by atoms with Crippen molar-refractivity contribution in [3.05, 3.63) is 29.5 Å². The van der Waals surface area contributed by atoms with E-state index < -0.39 is 5.41 Å². The molecular formula is C22H31N3O3. The van der Waals surface area contributed by atoms with Crippen molar-refractivity contribution in [3.8, 4) is 0 Å². The summed E-state index contributed by atoms with van der Waals surface area (Å²) in [7, 11) is 0. The van der Waals surface area contributed by atoms with Crippen molar-refractivity contribution < 1.29 is 14.7 Å². The lowest BCUT2D eigenvalue weighted by molar-refractivity contribution is -0.133. The largest absolute Gasteiger partial charge is 0.392 e.